The zero-order valence-electron chi connectivity index (χ0n) is 14.3. The van der Waals surface area contributed by atoms with Crippen LogP contribution in [0.4, 0.5) is 0 Å². The monoisotopic (exact) mass is 418 g/mol. The molecule has 0 aromatic carbocycles. The number of aliphatic imine (C=N–C) groups is 1. The summed E-state index contributed by atoms with van der Waals surface area (Å²) in [4.78, 5) is 8.01. The summed E-state index contributed by atoms with van der Waals surface area (Å²) >= 11 is 5.14. The van der Waals surface area contributed by atoms with Crippen molar-refractivity contribution in [1.82, 2.24) is 15.5 Å². The highest BCUT2D eigenvalue weighted by Crippen LogP contribution is 2.20. The van der Waals surface area contributed by atoms with Crippen LogP contribution in [0.25, 0.3) is 0 Å². The molecule has 1 unspecified atom stereocenters. The van der Waals surface area contributed by atoms with Gasteiger partial charge < -0.3 is 20.5 Å². The lowest BCUT2D eigenvalue weighted by molar-refractivity contribution is -0.0201. The number of thiophene rings is 1. The molecule has 1 saturated heterocycles. The Labute approximate surface area is 156 Å². The van der Waals surface area contributed by atoms with Gasteiger partial charge in [-0.15, -0.1) is 11.3 Å². The van der Waals surface area contributed by atoms with Crippen molar-refractivity contribution >= 4 is 33.2 Å². The fourth-order valence-corrected chi connectivity index (χ4v) is 3.88. The number of hydrogen-bond acceptors (Lipinski definition) is 5. The van der Waals surface area contributed by atoms with Gasteiger partial charge >= 0.3 is 0 Å². The Morgan fingerprint density at radius 1 is 1.46 bits per heavy atom. The van der Waals surface area contributed by atoms with Crippen LogP contribution in [0.2, 0.25) is 0 Å². The summed E-state index contributed by atoms with van der Waals surface area (Å²) in [6.45, 7) is 9.59. The third-order valence-electron chi connectivity index (χ3n) is 3.66. The smallest absolute Gasteiger partial charge is 0.191 e. The van der Waals surface area contributed by atoms with E-state index in [1.807, 2.05) is 13.8 Å². The summed E-state index contributed by atoms with van der Waals surface area (Å²) in [6, 6.07) is 2.08. The molecule has 0 aliphatic carbocycles. The highest BCUT2D eigenvalue weighted by Gasteiger charge is 2.25. The molecule has 3 N–H and O–H groups in total. The van der Waals surface area contributed by atoms with Gasteiger partial charge in [-0.1, -0.05) is 0 Å². The second kappa shape index (κ2) is 9.72. The molecule has 1 atom stereocenters. The van der Waals surface area contributed by atoms with Gasteiger partial charge in [-0.2, -0.15) is 0 Å². The number of halogens is 1. The van der Waals surface area contributed by atoms with Gasteiger partial charge in [-0.3, -0.25) is 4.90 Å². The first-order chi connectivity index (χ1) is 11.5. The molecule has 0 amide bonds. The number of guanidine groups is 1. The Balaban J connectivity index is 1.84. The van der Waals surface area contributed by atoms with Crippen LogP contribution >= 0.6 is 27.3 Å². The fourth-order valence-electron chi connectivity index (χ4n) is 2.51. The molecule has 0 saturated carbocycles. The SMILES string of the molecule is CCNC(=NCc1cc(Br)cs1)NCC(C)(O)CN1CCOCC1. The van der Waals surface area contributed by atoms with Gasteiger partial charge in [0.25, 0.3) is 0 Å². The molecule has 1 aliphatic rings. The summed E-state index contributed by atoms with van der Waals surface area (Å²) in [6.07, 6.45) is 0. The predicted octanol–water partition coefficient (Wildman–Crippen LogP) is 1.65. The Morgan fingerprint density at radius 3 is 2.83 bits per heavy atom. The standard InChI is InChI=1S/C16H27BrN4O2S/c1-3-18-15(19-9-14-8-13(17)10-24-14)20-11-16(2,22)12-21-4-6-23-7-5-21/h8,10,22H,3-7,9,11-12H2,1-2H3,(H2,18,19,20). The molecular formula is C16H27BrN4O2S. The number of ether oxygens (including phenoxy) is 1. The number of nitrogens with zero attached hydrogens (tertiary/aromatic N) is 2. The molecule has 1 fully saturated rings. The predicted molar refractivity (Wildman–Crippen MR) is 103 cm³/mol. The average Bonchev–Trinajstić information content (AvgIpc) is 2.96. The van der Waals surface area contributed by atoms with Crippen molar-refractivity contribution in [2.75, 3.05) is 45.9 Å². The van der Waals surface area contributed by atoms with E-state index in [0.717, 1.165) is 43.3 Å². The molecule has 1 aliphatic heterocycles. The average molecular weight is 419 g/mol. The van der Waals surface area contributed by atoms with E-state index >= 15 is 0 Å². The molecule has 8 heteroatoms. The Hall–Kier alpha value is -0.670. The second-order valence-electron chi connectivity index (χ2n) is 6.17. The lowest BCUT2D eigenvalue weighted by atomic mass is 10.1. The molecule has 0 radical (unpaired) electrons. The van der Waals surface area contributed by atoms with Gasteiger partial charge in [-0.25, -0.2) is 4.99 Å². The first-order valence-electron chi connectivity index (χ1n) is 8.26. The van der Waals surface area contributed by atoms with E-state index in [1.54, 1.807) is 11.3 Å². The molecule has 2 rings (SSSR count). The third kappa shape index (κ3) is 7.06. The molecular weight excluding hydrogens is 392 g/mol. The van der Waals surface area contributed by atoms with E-state index in [1.165, 1.54) is 4.88 Å². The van der Waals surface area contributed by atoms with Gasteiger partial charge in [0.1, 0.15) is 0 Å². The molecule has 1 aromatic heterocycles. The van der Waals surface area contributed by atoms with Crippen LogP contribution in [0.3, 0.4) is 0 Å². The quantitative estimate of drug-likeness (QED) is 0.463. The minimum atomic E-state index is -0.820. The molecule has 136 valence electrons. The summed E-state index contributed by atoms with van der Waals surface area (Å²) in [5.41, 5.74) is -0.820. The van der Waals surface area contributed by atoms with Crippen molar-refractivity contribution in [1.29, 1.82) is 0 Å². The van der Waals surface area contributed by atoms with Crippen LogP contribution in [0.5, 0.6) is 0 Å². The Bertz CT molecular complexity index is 530. The Morgan fingerprint density at radius 2 is 2.21 bits per heavy atom. The molecule has 0 spiro atoms. The van der Waals surface area contributed by atoms with Crippen molar-refractivity contribution in [3.8, 4) is 0 Å². The number of nitrogens with one attached hydrogen (secondary N) is 2. The van der Waals surface area contributed by atoms with Crippen molar-refractivity contribution in [2.45, 2.75) is 26.0 Å². The van der Waals surface area contributed by atoms with Crippen molar-refractivity contribution in [3.63, 3.8) is 0 Å². The maximum absolute atomic E-state index is 10.6. The number of hydrogen-bond donors (Lipinski definition) is 3. The van der Waals surface area contributed by atoms with Crippen LogP contribution < -0.4 is 10.6 Å². The summed E-state index contributed by atoms with van der Waals surface area (Å²) < 4.78 is 6.44. The number of morpholine rings is 1. The number of rotatable bonds is 7. The second-order valence-corrected chi connectivity index (χ2v) is 8.08. The molecule has 1 aromatic rings. The lowest BCUT2D eigenvalue weighted by Gasteiger charge is -2.34. The van der Waals surface area contributed by atoms with Crippen molar-refractivity contribution < 1.29 is 9.84 Å². The van der Waals surface area contributed by atoms with E-state index < -0.39 is 5.60 Å². The van der Waals surface area contributed by atoms with Crippen LogP contribution in [0, 0.1) is 0 Å². The zero-order valence-corrected chi connectivity index (χ0v) is 16.8. The van der Waals surface area contributed by atoms with Crippen LogP contribution in [-0.4, -0.2) is 67.5 Å². The van der Waals surface area contributed by atoms with E-state index in [2.05, 4.69) is 47.9 Å². The first kappa shape index (κ1) is 19.7. The molecule has 6 nitrogen and oxygen atoms in total. The summed E-state index contributed by atoms with van der Waals surface area (Å²) in [7, 11) is 0. The van der Waals surface area contributed by atoms with Gasteiger partial charge in [0.05, 0.1) is 25.4 Å². The maximum atomic E-state index is 10.6. The van der Waals surface area contributed by atoms with Crippen LogP contribution in [0.1, 0.15) is 18.7 Å². The van der Waals surface area contributed by atoms with Crippen molar-refractivity contribution in [3.05, 3.63) is 20.8 Å². The third-order valence-corrected chi connectivity index (χ3v) is 5.35. The minimum absolute atomic E-state index is 0.449. The van der Waals surface area contributed by atoms with Gasteiger partial charge in [0.15, 0.2) is 5.96 Å². The molecule has 2 heterocycles. The van der Waals surface area contributed by atoms with E-state index in [9.17, 15) is 5.11 Å². The van der Waals surface area contributed by atoms with Crippen LogP contribution in [0.15, 0.2) is 20.9 Å². The number of aliphatic hydroxyl groups is 1. The summed E-state index contributed by atoms with van der Waals surface area (Å²) in [5.74, 6) is 0.726. The Kier molecular flexibility index (Phi) is 7.96. The fraction of sp³-hybridized carbons (Fsp3) is 0.688. The van der Waals surface area contributed by atoms with E-state index in [0.29, 0.717) is 19.6 Å². The summed E-state index contributed by atoms with van der Waals surface area (Å²) in [5, 5.41) is 19.2. The lowest BCUT2D eigenvalue weighted by Crippen LogP contribution is -2.52. The van der Waals surface area contributed by atoms with Crippen LogP contribution in [-0.2, 0) is 11.3 Å². The normalized spacial score (nSPS) is 19.1. The molecule has 0 bridgehead atoms. The van der Waals surface area contributed by atoms with E-state index in [-0.39, 0.29) is 0 Å². The number of β-amino-alcohol motifs (C(OH)–C–C–N with tert-alkyl or cyclic N) is 1. The van der Waals surface area contributed by atoms with E-state index in [4.69, 9.17) is 4.74 Å². The zero-order chi connectivity index (χ0) is 17.4. The topological polar surface area (TPSA) is 69.1 Å². The first-order valence-corrected chi connectivity index (χ1v) is 9.93. The van der Waals surface area contributed by atoms with Gasteiger partial charge in [-0.05, 0) is 35.8 Å². The van der Waals surface area contributed by atoms with Gasteiger partial charge in [0, 0.05) is 47.5 Å². The van der Waals surface area contributed by atoms with Crippen molar-refractivity contribution in [2.24, 2.45) is 4.99 Å². The maximum Gasteiger partial charge on any atom is 0.191 e. The minimum Gasteiger partial charge on any atom is -0.387 e. The highest BCUT2D eigenvalue weighted by molar-refractivity contribution is 9.10. The molecule has 24 heavy (non-hydrogen) atoms. The highest BCUT2D eigenvalue weighted by atomic mass is 79.9. The largest absolute Gasteiger partial charge is 0.387 e. The van der Waals surface area contributed by atoms with Gasteiger partial charge in [0.2, 0.25) is 0 Å².